The zero-order chi connectivity index (χ0) is 23.1. The van der Waals surface area contributed by atoms with E-state index in [1.807, 2.05) is 0 Å². The molecule has 11 heteroatoms. The second-order valence-electron chi connectivity index (χ2n) is 7.74. The van der Waals surface area contributed by atoms with E-state index in [1.165, 1.54) is 12.3 Å². The fraction of sp³-hybridized carbons (Fsp3) is 0.200. The van der Waals surface area contributed by atoms with Crippen LogP contribution in [0.2, 0.25) is 0 Å². The highest BCUT2D eigenvalue weighted by molar-refractivity contribution is 7.81. The molecule has 3 aromatic rings. The van der Waals surface area contributed by atoms with Gasteiger partial charge in [0.05, 0.1) is 28.2 Å². The minimum absolute atomic E-state index is 0.0154. The van der Waals surface area contributed by atoms with Gasteiger partial charge in [-0.1, -0.05) is 20.8 Å². The molecule has 1 unspecified atom stereocenters. The lowest BCUT2D eigenvalue weighted by Gasteiger charge is -2.26. The van der Waals surface area contributed by atoms with Crippen LogP contribution in [-0.4, -0.2) is 30.7 Å². The Hall–Kier alpha value is -3.31. The van der Waals surface area contributed by atoms with Gasteiger partial charge in [0.25, 0.3) is 0 Å². The van der Waals surface area contributed by atoms with Crippen LogP contribution < -0.4 is 9.62 Å². The van der Waals surface area contributed by atoms with Gasteiger partial charge in [0.15, 0.2) is 0 Å². The third kappa shape index (κ3) is 4.42. The topological polar surface area (TPSA) is 126 Å². The molecule has 0 saturated carbocycles. The number of nitrogens with one attached hydrogen (secondary N) is 2. The second kappa shape index (κ2) is 8.08. The van der Waals surface area contributed by atoms with E-state index in [0.717, 1.165) is 0 Å². The van der Waals surface area contributed by atoms with Gasteiger partial charge in [-0.15, -0.1) is 0 Å². The van der Waals surface area contributed by atoms with Crippen molar-refractivity contribution >= 4 is 51.1 Å². The van der Waals surface area contributed by atoms with E-state index in [9.17, 15) is 27.1 Å². The highest BCUT2D eigenvalue weighted by atomic mass is 32.2. The Morgan fingerprint density at radius 1 is 1.13 bits per heavy atom. The molecule has 0 aliphatic rings. The van der Waals surface area contributed by atoms with Crippen LogP contribution in [0.5, 0.6) is 0 Å². The third-order valence-corrected chi connectivity index (χ3v) is 5.14. The number of anilines is 3. The lowest BCUT2D eigenvalue weighted by molar-refractivity contribution is -0.123. The fourth-order valence-corrected chi connectivity index (χ4v) is 3.43. The van der Waals surface area contributed by atoms with Crippen LogP contribution >= 0.6 is 0 Å². The number of carbonyl (C=O) groups is 2. The van der Waals surface area contributed by atoms with Gasteiger partial charge in [-0.05, 0) is 24.3 Å². The standard InChI is InChI=1S/C20H19F2N3O5S/c1-20(2,3)19(28)24-10-4-5-11-15(6-10)23-9-17(11)25(31(29)30)16-8-13(21)12(18(26)27)7-14(16)22/h4-9,23H,1-3H3,(H,24,28)(H,26,27)(H,29,30)/p-1. The molecule has 1 heterocycles. The minimum Gasteiger partial charge on any atom is -0.755 e. The number of hydrogen-bond donors (Lipinski definition) is 3. The average molecular weight is 450 g/mol. The Morgan fingerprint density at radius 2 is 1.81 bits per heavy atom. The summed E-state index contributed by atoms with van der Waals surface area (Å²) in [5.74, 6) is -4.43. The maximum absolute atomic E-state index is 14.5. The summed E-state index contributed by atoms with van der Waals surface area (Å²) in [4.78, 5) is 26.0. The van der Waals surface area contributed by atoms with Crippen molar-refractivity contribution < 1.29 is 32.2 Å². The van der Waals surface area contributed by atoms with E-state index in [0.29, 0.717) is 33.0 Å². The highest BCUT2D eigenvalue weighted by Gasteiger charge is 2.24. The zero-order valence-corrected chi connectivity index (χ0v) is 17.5. The number of nitrogens with zero attached hydrogens (tertiary/aromatic N) is 1. The van der Waals surface area contributed by atoms with E-state index in [4.69, 9.17) is 5.11 Å². The Balaban J connectivity index is 2.06. The van der Waals surface area contributed by atoms with E-state index >= 15 is 0 Å². The summed E-state index contributed by atoms with van der Waals surface area (Å²) >= 11 is -3.06. The van der Waals surface area contributed by atoms with Crippen molar-refractivity contribution in [1.29, 1.82) is 0 Å². The van der Waals surface area contributed by atoms with Crippen LogP contribution in [0.15, 0.2) is 36.5 Å². The molecule has 1 amide bonds. The maximum Gasteiger partial charge on any atom is 0.338 e. The molecule has 0 spiro atoms. The summed E-state index contributed by atoms with van der Waals surface area (Å²) in [5.41, 5.74) is -1.36. The number of aromatic amines is 1. The van der Waals surface area contributed by atoms with E-state index in [-0.39, 0.29) is 11.6 Å². The van der Waals surface area contributed by atoms with Crippen molar-refractivity contribution in [2.45, 2.75) is 20.8 Å². The molecule has 1 atom stereocenters. The van der Waals surface area contributed by atoms with Gasteiger partial charge in [0.1, 0.15) is 11.6 Å². The molecule has 0 aliphatic heterocycles. The van der Waals surface area contributed by atoms with Crippen molar-refractivity contribution in [3.8, 4) is 0 Å². The number of fused-ring (bicyclic) bond motifs is 1. The number of aromatic carboxylic acids is 1. The fourth-order valence-electron chi connectivity index (χ4n) is 2.82. The molecule has 0 bridgehead atoms. The van der Waals surface area contributed by atoms with E-state index < -0.39 is 45.5 Å². The number of amides is 1. The summed E-state index contributed by atoms with van der Waals surface area (Å²) in [7, 11) is 0. The van der Waals surface area contributed by atoms with Gasteiger partial charge in [0, 0.05) is 34.3 Å². The Kier molecular flexibility index (Phi) is 5.83. The highest BCUT2D eigenvalue weighted by Crippen LogP contribution is 2.36. The lowest BCUT2D eigenvalue weighted by Crippen LogP contribution is -2.27. The maximum atomic E-state index is 14.5. The second-order valence-corrected chi connectivity index (χ2v) is 8.54. The molecular weight excluding hydrogens is 432 g/mol. The van der Waals surface area contributed by atoms with Crippen molar-refractivity contribution in [3.63, 3.8) is 0 Å². The molecule has 164 valence electrons. The average Bonchev–Trinajstić information content (AvgIpc) is 3.06. The minimum atomic E-state index is -3.06. The van der Waals surface area contributed by atoms with Gasteiger partial charge < -0.3 is 20.0 Å². The molecule has 1 aromatic heterocycles. The first-order valence-electron chi connectivity index (χ1n) is 8.94. The van der Waals surface area contributed by atoms with Gasteiger partial charge in [-0.2, -0.15) is 0 Å². The number of carboxylic acids is 1. The first-order valence-corrected chi connectivity index (χ1v) is 9.97. The molecule has 0 fully saturated rings. The number of carboxylic acid groups (broad SMARTS) is 1. The van der Waals surface area contributed by atoms with Gasteiger partial charge in [-0.25, -0.2) is 13.6 Å². The van der Waals surface area contributed by atoms with Crippen molar-refractivity contribution in [1.82, 2.24) is 4.98 Å². The van der Waals surface area contributed by atoms with Gasteiger partial charge in [-0.3, -0.25) is 13.3 Å². The molecule has 8 nitrogen and oxygen atoms in total. The summed E-state index contributed by atoms with van der Waals surface area (Å²) < 4.78 is 52.9. The monoisotopic (exact) mass is 450 g/mol. The van der Waals surface area contributed by atoms with E-state index in [1.54, 1.807) is 32.9 Å². The quantitative estimate of drug-likeness (QED) is 0.506. The Morgan fingerprint density at radius 3 is 2.39 bits per heavy atom. The molecule has 0 saturated heterocycles. The number of hydrogen-bond acceptors (Lipinski definition) is 4. The van der Waals surface area contributed by atoms with Gasteiger partial charge in [0.2, 0.25) is 5.91 Å². The number of H-pyrrole nitrogens is 1. The van der Waals surface area contributed by atoms with E-state index in [2.05, 4.69) is 10.3 Å². The summed E-state index contributed by atoms with van der Waals surface area (Å²) in [6.07, 6.45) is 1.28. The number of rotatable bonds is 5. The molecule has 3 N–H and O–H groups in total. The van der Waals surface area contributed by atoms with Crippen LogP contribution in [0.3, 0.4) is 0 Å². The van der Waals surface area contributed by atoms with Gasteiger partial charge >= 0.3 is 5.97 Å². The molecule has 31 heavy (non-hydrogen) atoms. The first-order chi connectivity index (χ1) is 14.4. The predicted octanol–water partition coefficient (Wildman–Crippen LogP) is 4.06. The smallest absolute Gasteiger partial charge is 0.338 e. The van der Waals surface area contributed by atoms with Crippen LogP contribution in [0.4, 0.5) is 25.8 Å². The van der Waals surface area contributed by atoms with Crippen molar-refractivity contribution in [2.75, 3.05) is 9.62 Å². The molecule has 0 radical (unpaired) electrons. The largest absolute Gasteiger partial charge is 0.755 e. The van der Waals surface area contributed by atoms with Crippen molar-refractivity contribution in [2.24, 2.45) is 5.41 Å². The normalized spacial score (nSPS) is 12.6. The lowest BCUT2D eigenvalue weighted by atomic mass is 9.95. The molecule has 0 aliphatic carbocycles. The molecule has 2 aromatic carbocycles. The summed E-state index contributed by atoms with van der Waals surface area (Å²) in [5, 5.41) is 12.0. The zero-order valence-electron chi connectivity index (χ0n) is 16.7. The SMILES string of the molecule is CC(C)(C)C(=O)Nc1ccc2c(N(c3cc(F)c(C(=O)O)cc3F)S(=O)[O-])c[nH]c2c1. The van der Waals surface area contributed by atoms with Crippen molar-refractivity contribution in [3.05, 3.63) is 53.7 Å². The molecular formula is C20H18F2N3O5S-. The van der Waals surface area contributed by atoms with Crippen LogP contribution in [0, 0.1) is 17.0 Å². The third-order valence-electron chi connectivity index (χ3n) is 4.45. The van der Waals surface area contributed by atoms with Crippen LogP contribution in [0.25, 0.3) is 10.9 Å². The Bertz CT molecular complexity index is 1220. The number of aromatic nitrogens is 1. The number of carbonyl (C=O) groups excluding carboxylic acids is 1. The molecule has 3 rings (SSSR count). The summed E-state index contributed by atoms with van der Waals surface area (Å²) in [6.45, 7) is 5.25. The summed E-state index contributed by atoms with van der Waals surface area (Å²) in [6, 6.07) is 5.55. The number of halogens is 2. The van der Waals surface area contributed by atoms with Crippen LogP contribution in [0.1, 0.15) is 31.1 Å². The Labute approximate surface area is 178 Å². The number of benzene rings is 2. The first kappa shape index (κ1) is 22.4. The van der Waals surface area contributed by atoms with Crippen LogP contribution in [-0.2, 0) is 16.1 Å². The predicted molar refractivity (Wildman–Crippen MR) is 111 cm³/mol.